The lowest BCUT2D eigenvalue weighted by molar-refractivity contribution is 0.0698. The van der Waals surface area contributed by atoms with Gasteiger partial charge in [0.15, 0.2) is 17.4 Å². The normalized spacial score (nSPS) is 10.8. The smallest absolute Gasteiger partial charge is 0.337 e. The molecule has 0 atom stereocenters. The lowest BCUT2D eigenvalue weighted by Crippen LogP contribution is -2.15. The number of benzene rings is 2. The van der Waals surface area contributed by atoms with Crippen molar-refractivity contribution in [1.82, 2.24) is 15.0 Å². The van der Waals surface area contributed by atoms with Crippen molar-refractivity contribution < 1.29 is 14.3 Å². The number of carboxylic acids is 1. The summed E-state index contributed by atoms with van der Waals surface area (Å²) in [6.45, 7) is 3.04. The Bertz CT molecular complexity index is 1410. The number of halogens is 2. The van der Waals surface area contributed by atoms with Gasteiger partial charge in [0.2, 0.25) is 5.89 Å². The van der Waals surface area contributed by atoms with Crippen LogP contribution in [0.1, 0.15) is 28.5 Å². The van der Waals surface area contributed by atoms with Crippen LogP contribution < -0.4 is 21.7 Å². The Morgan fingerprint density at radius 1 is 1.11 bits per heavy atom. The third-order valence-electron chi connectivity index (χ3n) is 5.27. The average Bonchev–Trinajstić information content (AvgIpc) is 3.34. The van der Waals surface area contributed by atoms with Crippen molar-refractivity contribution in [3.05, 3.63) is 76.0 Å². The minimum Gasteiger partial charge on any atom is -0.478 e. The highest BCUT2D eigenvalue weighted by molar-refractivity contribution is 6.35. The van der Waals surface area contributed by atoms with Gasteiger partial charge in [0.25, 0.3) is 0 Å². The van der Waals surface area contributed by atoms with Crippen LogP contribution in [-0.4, -0.2) is 39.1 Å². The van der Waals surface area contributed by atoms with E-state index >= 15 is 0 Å². The van der Waals surface area contributed by atoms with Gasteiger partial charge in [-0.05, 0) is 50.2 Å². The second-order valence-corrected chi connectivity index (χ2v) is 8.83. The summed E-state index contributed by atoms with van der Waals surface area (Å²) in [5.74, 6) is 1.21. The molecule has 12 heteroatoms. The van der Waals surface area contributed by atoms with Crippen LogP contribution in [0.5, 0.6) is 0 Å². The second-order valence-electron chi connectivity index (χ2n) is 7.98. The third kappa shape index (κ3) is 6.48. The first-order chi connectivity index (χ1) is 17.9. The van der Waals surface area contributed by atoms with E-state index < -0.39 is 5.97 Å². The molecule has 10 nitrogen and oxygen atoms in total. The molecular formula is C25H25Cl2N7O3. The maximum absolute atomic E-state index is 11.7. The molecule has 0 aliphatic rings. The number of nitrogens with one attached hydrogen (secondary N) is 3. The quantitative estimate of drug-likeness (QED) is 0.152. The van der Waals surface area contributed by atoms with Gasteiger partial charge >= 0.3 is 5.97 Å². The Hall–Kier alpha value is -3.86. The Balaban J connectivity index is 1.64. The molecule has 0 radical (unpaired) electrons. The van der Waals surface area contributed by atoms with Crippen molar-refractivity contribution in [2.24, 2.45) is 5.73 Å². The molecule has 2 aromatic heterocycles. The molecule has 4 rings (SSSR count). The van der Waals surface area contributed by atoms with Gasteiger partial charge < -0.3 is 31.2 Å². The van der Waals surface area contributed by atoms with Crippen molar-refractivity contribution in [1.29, 1.82) is 0 Å². The van der Waals surface area contributed by atoms with Crippen molar-refractivity contribution in [3.8, 4) is 11.3 Å². The van der Waals surface area contributed by atoms with E-state index in [-0.39, 0.29) is 12.1 Å². The van der Waals surface area contributed by atoms with Crippen LogP contribution in [0.2, 0.25) is 10.0 Å². The van der Waals surface area contributed by atoms with Gasteiger partial charge in [-0.15, -0.1) is 0 Å². The van der Waals surface area contributed by atoms with Gasteiger partial charge in [0, 0.05) is 17.1 Å². The minimum absolute atomic E-state index is 0.109. The fourth-order valence-corrected chi connectivity index (χ4v) is 3.92. The molecule has 6 N–H and O–H groups in total. The summed E-state index contributed by atoms with van der Waals surface area (Å²) in [4.78, 5) is 25.1. The largest absolute Gasteiger partial charge is 0.478 e. The molecular weight excluding hydrogens is 517 g/mol. The number of hydrogen-bond acceptors (Lipinski definition) is 9. The molecule has 0 aliphatic carbocycles. The molecule has 0 aliphatic heterocycles. The van der Waals surface area contributed by atoms with Crippen molar-refractivity contribution in [2.75, 3.05) is 29.0 Å². The number of carboxylic acid groups (broad SMARTS) is 1. The Kier molecular flexibility index (Phi) is 8.44. The van der Waals surface area contributed by atoms with Crippen molar-refractivity contribution >= 4 is 52.2 Å². The Morgan fingerprint density at radius 3 is 2.68 bits per heavy atom. The van der Waals surface area contributed by atoms with Gasteiger partial charge in [-0.2, -0.15) is 0 Å². The summed E-state index contributed by atoms with van der Waals surface area (Å²) >= 11 is 12.4. The number of aromatic nitrogens is 3. The fraction of sp³-hybridized carbons (Fsp3) is 0.200. The summed E-state index contributed by atoms with van der Waals surface area (Å²) in [6.07, 6.45) is 2.31. The standard InChI is InChI=1S/C25H25Cl2N7O3/c1-14-32-23(29-10-4-9-28)22(24(33-14)34-19-6-3-2-5-16(19)25(35)36)31-13-21-30-12-20(37-21)17-11-15(26)7-8-18(17)27/h2-3,5-8,11-12,31H,4,9-10,13,28H2,1H3,(H,35,36)(H2,29,32,33,34). The maximum atomic E-state index is 11.7. The van der Waals surface area contributed by atoms with E-state index in [0.717, 1.165) is 6.42 Å². The van der Waals surface area contributed by atoms with Crippen LogP contribution in [0.4, 0.5) is 23.0 Å². The van der Waals surface area contributed by atoms with Crippen LogP contribution in [-0.2, 0) is 6.54 Å². The lowest BCUT2D eigenvalue weighted by Gasteiger charge is -2.18. The number of rotatable bonds is 11. The van der Waals surface area contributed by atoms with Crippen LogP contribution in [0.3, 0.4) is 0 Å². The number of hydrogen-bond donors (Lipinski definition) is 5. The van der Waals surface area contributed by atoms with Crippen LogP contribution in [0, 0.1) is 6.92 Å². The first-order valence-corrected chi connectivity index (χ1v) is 12.2. The zero-order valence-corrected chi connectivity index (χ0v) is 21.4. The molecule has 0 bridgehead atoms. The number of aryl methyl sites for hydroxylation is 1. The van der Waals surface area contributed by atoms with Crippen LogP contribution >= 0.6 is 23.2 Å². The second kappa shape index (κ2) is 11.9. The fourth-order valence-electron chi connectivity index (χ4n) is 3.54. The number of nitrogens with zero attached hydrogens (tertiary/aromatic N) is 3. The monoisotopic (exact) mass is 541 g/mol. The van der Waals surface area contributed by atoms with E-state index in [1.165, 1.54) is 6.07 Å². The highest BCUT2D eigenvalue weighted by Gasteiger charge is 2.18. The Morgan fingerprint density at radius 2 is 1.89 bits per heavy atom. The predicted octanol–water partition coefficient (Wildman–Crippen LogP) is 5.56. The summed E-state index contributed by atoms with van der Waals surface area (Å²) in [5.41, 5.74) is 7.29. The molecule has 0 saturated carbocycles. The van der Waals surface area contributed by atoms with E-state index in [4.69, 9.17) is 33.4 Å². The summed E-state index contributed by atoms with van der Waals surface area (Å²) in [7, 11) is 0. The van der Waals surface area contributed by atoms with E-state index in [0.29, 0.717) is 69.2 Å². The third-order valence-corrected chi connectivity index (χ3v) is 5.83. The van der Waals surface area contributed by atoms with Gasteiger partial charge in [0.1, 0.15) is 11.5 Å². The molecule has 2 heterocycles. The predicted molar refractivity (Wildman–Crippen MR) is 145 cm³/mol. The zero-order chi connectivity index (χ0) is 26.4. The number of nitrogens with two attached hydrogens (primary N) is 1. The molecule has 2 aromatic carbocycles. The van der Waals surface area contributed by atoms with Crippen molar-refractivity contribution in [2.45, 2.75) is 19.9 Å². The maximum Gasteiger partial charge on any atom is 0.337 e. The SMILES string of the molecule is Cc1nc(NCCCN)c(NCc2ncc(-c3cc(Cl)ccc3Cl)o2)c(Nc2ccccc2C(=O)O)n1. The number of carbonyl (C=O) groups is 1. The van der Waals surface area contributed by atoms with Crippen LogP contribution in [0.15, 0.2) is 53.1 Å². The minimum atomic E-state index is -1.06. The first kappa shape index (κ1) is 26.2. The highest BCUT2D eigenvalue weighted by Crippen LogP contribution is 2.33. The molecule has 0 fully saturated rings. The summed E-state index contributed by atoms with van der Waals surface area (Å²) in [5, 5.41) is 20.3. The zero-order valence-electron chi connectivity index (χ0n) is 19.9. The number of oxazole rings is 1. The highest BCUT2D eigenvalue weighted by atomic mass is 35.5. The van der Waals surface area contributed by atoms with Gasteiger partial charge in [-0.25, -0.2) is 19.7 Å². The number of para-hydroxylation sites is 1. The molecule has 0 saturated heterocycles. The molecule has 0 unspecified atom stereocenters. The molecule has 0 amide bonds. The molecule has 0 spiro atoms. The summed E-state index contributed by atoms with van der Waals surface area (Å²) in [6, 6.07) is 11.7. The first-order valence-electron chi connectivity index (χ1n) is 11.4. The molecule has 37 heavy (non-hydrogen) atoms. The Labute approximate surface area is 223 Å². The van der Waals surface area contributed by atoms with Gasteiger partial charge in [0.05, 0.1) is 29.0 Å². The van der Waals surface area contributed by atoms with Gasteiger partial charge in [-0.3, -0.25) is 0 Å². The van der Waals surface area contributed by atoms with E-state index in [1.807, 2.05) is 0 Å². The number of aromatic carboxylic acids is 1. The van der Waals surface area contributed by atoms with E-state index in [1.54, 1.807) is 49.5 Å². The van der Waals surface area contributed by atoms with E-state index in [9.17, 15) is 9.90 Å². The van der Waals surface area contributed by atoms with Crippen LogP contribution in [0.25, 0.3) is 11.3 Å². The average molecular weight is 542 g/mol. The number of anilines is 4. The van der Waals surface area contributed by atoms with Gasteiger partial charge in [-0.1, -0.05) is 35.3 Å². The topological polar surface area (TPSA) is 151 Å². The summed E-state index contributed by atoms with van der Waals surface area (Å²) < 4.78 is 5.91. The van der Waals surface area contributed by atoms with Crippen molar-refractivity contribution in [3.63, 3.8) is 0 Å². The van der Waals surface area contributed by atoms with E-state index in [2.05, 4.69) is 30.9 Å². The molecule has 4 aromatic rings. The lowest BCUT2D eigenvalue weighted by atomic mass is 10.2. The molecule has 192 valence electrons.